The van der Waals surface area contributed by atoms with Gasteiger partial charge >= 0.3 is 0 Å². The van der Waals surface area contributed by atoms with E-state index in [9.17, 15) is 5.11 Å². The van der Waals surface area contributed by atoms with E-state index in [4.69, 9.17) is 18.9 Å². The number of methoxy groups -OCH3 is 3. The Morgan fingerprint density at radius 3 is 2.54 bits per heavy atom. The van der Waals surface area contributed by atoms with Crippen molar-refractivity contribution in [1.29, 1.82) is 0 Å². The minimum atomic E-state index is 0.153. The second kappa shape index (κ2) is 6.91. The van der Waals surface area contributed by atoms with E-state index in [0.29, 0.717) is 18.3 Å². The second-order valence-corrected chi connectivity index (χ2v) is 5.90. The van der Waals surface area contributed by atoms with Crippen molar-refractivity contribution in [3.05, 3.63) is 41.5 Å². The first-order chi connectivity index (χ1) is 11.6. The third-order valence-corrected chi connectivity index (χ3v) is 4.33. The molecular weight excluding hydrogens is 308 g/mol. The van der Waals surface area contributed by atoms with Crippen molar-refractivity contribution in [3.63, 3.8) is 0 Å². The Labute approximate surface area is 141 Å². The lowest BCUT2D eigenvalue weighted by atomic mass is 9.90. The summed E-state index contributed by atoms with van der Waals surface area (Å²) in [4.78, 5) is 0. The Hall–Kier alpha value is -2.56. The van der Waals surface area contributed by atoms with Crippen molar-refractivity contribution in [2.45, 2.75) is 12.8 Å². The number of fused-ring (bicyclic) bond motifs is 1. The van der Waals surface area contributed by atoms with Crippen molar-refractivity contribution in [3.8, 4) is 28.7 Å². The first-order valence-corrected chi connectivity index (χ1v) is 7.88. The summed E-state index contributed by atoms with van der Waals surface area (Å²) < 4.78 is 21.9. The number of hydrogen-bond donors (Lipinski definition) is 1. The van der Waals surface area contributed by atoms with E-state index in [1.54, 1.807) is 27.4 Å². The highest BCUT2D eigenvalue weighted by Gasteiger charge is 2.24. The van der Waals surface area contributed by atoms with Gasteiger partial charge in [0.15, 0.2) is 11.5 Å². The first-order valence-electron chi connectivity index (χ1n) is 7.88. The summed E-state index contributed by atoms with van der Waals surface area (Å²) in [6.07, 6.45) is 1.71. The highest BCUT2D eigenvalue weighted by molar-refractivity contribution is 5.52. The Morgan fingerprint density at radius 1 is 1.04 bits per heavy atom. The molecule has 1 aliphatic rings. The molecule has 2 aromatic rings. The second-order valence-electron chi connectivity index (χ2n) is 5.90. The topological polar surface area (TPSA) is 57.2 Å². The van der Waals surface area contributed by atoms with E-state index < -0.39 is 0 Å². The molecular formula is C19H22O5. The average Bonchev–Trinajstić information content (AvgIpc) is 2.62. The van der Waals surface area contributed by atoms with Gasteiger partial charge in [-0.05, 0) is 30.5 Å². The summed E-state index contributed by atoms with van der Waals surface area (Å²) in [5.74, 6) is 3.32. The van der Waals surface area contributed by atoms with Gasteiger partial charge in [0.1, 0.15) is 17.2 Å². The molecule has 0 bridgehead atoms. The molecule has 0 aliphatic carbocycles. The summed E-state index contributed by atoms with van der Waals surface area (Å²) >= 11 is 0. The molecule has 0 saturated heterocycles. The van der Waals surface area contributed by atoms with Crippen LogP contribution in [0.2, 0.25) is 0 Å². The van der Waals surface area contributed by atoms with Gasteiger partial charge in [-0.25, -0.2) is 0 Å². The first kappa shape index (κ1) is 16.3. The summed E-state index contributed by atoms with van der Waals surface area (Å²) in [5, 5.41) is 9.71. The van der Waals surface area contributed by atoms with Gasteiger partial charge in [0, 0.05) is 23.6 Å². The van der Waals surface area contributed by atoms with Crippen LogP contribution in [-0.2, 0) is 12.8 Å². The molecule has 0 fully saturated rings. The monoisotopic (exact) mass is 330 g/mol. The van der Waals surface area contributed by atoms with Crippen LogP contribution in [0.4, 0.5) is 0 Å². The number of aromatic hydroxyl groups is 1. The van der Waals surface area contributed by atoms with E-state index in [1.165, 1.54) is 0 Å². The number of hydrogen-bond acceptors (Lipinski definition) is 5. The minimum Gasteiger partial charge on any atom is -0.504 e. The van der Waals surface area contributed by atoms with Gasteiger partial charge in [-0.15, -0.1) is 0 Å². The van der Waals surface area contributed by atoms with Gasteiger partial charge in [0.25, 0.3) is 0 Å². The quantitative estimate of drug-likeness (QED) is 0.912. The molecule has 0 saturated carbocycles. The lowest BCUT2D eigenvalue weighted by molar-refractivity contribution is 0.216. The number of phenols is 1. The van der Waals surface area contributed by atoms with Crippen LogP contribution in [0.5, 0.6) is 28.7 Å². The molecule has 3 rings (SSSR count). The zero-order chi connectivity index (χ0) is 17.1. The van der Waals surface area contributed by atoms with E-state index in [2.05, 4.69) is 0 Å². The molecule has 0 radical (unpaired) electrons. The zero-order valence-corrected chi connectivity index (χ0v) is 14.2. The minimum absolute atomic E-state index is 0.153. The van der Waals surface area contributed by atoms with Crippen molar-refractivity contribution < 1.29 is 24.1 Å². The Kier molecular flexibility index (Phi) is 4.69. The normalized spacial score (nSPS) is 16.0. The predicted octanol–water partition coefficient (Wildman–Crippen LogP) is 3.21. The largest absolute Gasteiger partial charge is 0.504 e. The fraction of sp³-hybridized carbons (Fsp3) is 0.368. The molecule has 1 N–H and O–H groups in total. The van der Waals surface area contributed by atoms with Crippen LogP contribution in [0.1, 0.15) is 11.1 Å². The van der Waals surface area contributed by atoms with E-state index in [0.717, 1.165) is 41.2 Å². The molecule has 0 aromatic heterocycles. The molecule has 0 amide bonds. The molecule has 1 aliphatic heterocycles. The van der Waals surface area contributed by atoms with Gasteiger partial charge in [0.05, 0.1) is 27.9 Å². The molecule has 1 unspecified atom stereocenters. The van der Waals surface area contributed by atoms with Gasteiger partial charge < -0.3 is 24.1 Å². The average molecular weight is 330 g/mol. The molecule has 5 heteroatoms. The van der Waals surface area contributed by atoms with Gasteiger partial charge in [-0.1, -0.05) is 6.07 Å². The van der Waals surface area contributed by atoms with Gasteiger partial charge in [0.2, 0.25) is 0 Å². The zero-order valence-electron chi connectivity index (χ0n) is 14.2. The number of ether oxygens (including phenoxy) is 4. The smallest absolute Gasteiger partial charge is 0.160 e. The standard InChI is InChI=1S/C19H22O5/c1-21-14-9-17(22-2)15-7-13(11-24-18(15)10-14)6-12-4-5-16(20)19(8-12)23-3/h4-5,8-10,13,20H,6-7,11H2,1-3H3. The highest BCUT2D eigenvalue weighted by atomic mass is 16.5. The van der Waals surface area contributed by atoms with Crippen LogP contribution < -0.4 is 18.9 Å². The molecule has 24 heavy (non-hydrogen) atoms. The third-order valence-electron chi connectivity index (χ3n) is 4.33. The lowest BCUT2D eigenvalue weighted by Crippen LogP contribution is -2.23. The Bertz CT molecular complexity index is 709. The maximum absolute atomic E-state index is 9.71. The Balaban J connectivity index is 1.80. The third kappa shape index (κ3) is 3.20. The fourth-order valence-corrected chi connectivity index (χ4v) is 3.09. The van der Waals surface area contributed by atoms with Gasteiger partial charge in [-0.2, -0.15) is 0 Å². The van der Waals surface area contributed by atoms with Crippen LogP contribution >= 0.6 is 0 Å². The summed E-state index contributed by atoms with van der Waals surface area (Å²) in [6, 6.07) is 9.23. The van der Waals surface area contributed by atoms with Crippen LogP contribution in [0, 0.1) is 5.92 Å². The van der Waals surface area contributed by atoms with E-state index in [1.807, 2.05) is 24.3 Å². The van der Waals surface area contributed by atoms with Crippen LogP contribution in [-0.4, -0.2) is 33.0 Å². The molecule has 128 valence electrons. The van der Waals surface area contributed by atoms with Crippen molar-refractivity contribution in [2.24, 2.45) is 5.92 Å². The van der Waals surface area contributed by atoms with Gasteiger partial charge in [-0.3, -0.25) is 0 Å². The highest BCUT2D eigenvalue weighted by Crippen LogP contribution is 2.39. The lowest BCUT2D eigenvalue weighted by Gasteiger charge is -2.27. The number of rotatable bonds is 5. The molecule has 0 spiro atoms. The van der Waals surface area contributed by atoms with Crippen LogP contribution in [0.3, 0.4) is 0 Å². The van der Waals surface area contributed by atoms with Crippen molar-refractivity contribution >= 4 is 0 Å². The van der Waals surface area contributed by atoms with E-state index >= 15 is 0 Å². The van der Waals surface area contributed by atoms with Crippen molar-refractivity contribution in [2.75, 3.05) is 27.9 Å². The SMILES string of the molecule is COc1cc(OC)c2c(c1)OCC(Cc1ccc(O)c(OC)c1)C2. The predicted molar refractivity (Wildman–Crippen MR) is 90.6 cm³/mol. The maximum atomic E-state index is 9.71. The maximum Gasteiger partial charge on any atom is 0.160 e. The molecule has 1 heterocycles. The van der Waals surface area contributed by atoms with E-state index in [-0.39, 0.29) is 5.75 Å². The number of benzene rings is 2. The number of phenolic OH excluding ortho intramolecular Hbond substituents is 1. The molecule has 2 aromatic carbocycles. The van der Waals surface area contributed by atoms with Crippen molar-refractivity contribution in [1.82, 2.24) is 0 Å². The summed E-state index contributed by atoms with van der Waals surface area (Å²) in [5.41, 5.74) is 2.18. The molecule has 5 nitrogen and oxygen atoms in total. The fourth-order valence-electron chi connectivity index (χ4n) is 3.09. The molecule has 1 atom stereocenters. The summed E-state index contributed by atoms with van der Waals surface area (Å²) in [6.45, 7) is 0.631. The van der Waals surface area contributed by atoms with Crippen LogP contribution in [0.15, 0.2) is 30.3 Å². The van der Waals surface area contributed by atoms with Crippen LogP contribution in [0.25, 0.3) is 0 Å². The summed E-state index contributed by atoms with van der Waals surface area (Å²) in [7, 11) is 4.84. The Morgan fingerprint density at radius 2 is 1.83 bits per heavy atom.